The molecule has 0 radical (unpaired) electrons. The molecule has 0 unspecified atom stereocenters. The van der Waals surface area contributed by atoms with Crippen LogP contribution in [0, 0.1) is 0 Å². The minimum Gasteiger partial charge on any atom is -0.495 e. The number of carbonyl (C=O) groups is 1. The van der Waals surface area contributed by atoms with E-state index in [1.807, 2.05) is 48.5 Å². The fourth-order valence-electron chi connectivity index (χ4n) is 2.78. The van der Waals surface area contributed by atoms with Crippen LogP contribution in [-0.4, -0.2) is 25.3 Å². The van der Waals surface area contributed by atoms with Crippen molar-refractivity contribution in [2.45, 2.75) is 31.5 Å². The van der Waals surface area contributed by atoms with E-state index in [0.717, 1.165) is 24.1 Å². The van der Waals surface area contributed by atoms with Gasteiger partial charge in [0.2, 0.25) is 0 Å². The maximum atomic E-state index is 11.8. The van der Waals surface area contributed by atoms with Gasteiger partial charge in [-0.25, -0.2) is 4.79 Å². The molecule has 0 heterocycles. The predicted molar refractivity (Wildman–Crippen MR) is 98.2 cm³/mol. The number of nitrogens with one attached hydrogen (secondary N) is 2. The number of hydrogen-bond acceptors (Lipinski definition) is 4. The highest BCUT2D eigenvalue weighted by atomic mass is 35.5. The van der Waals surface area contributed by atoms with Gasteiger partial charge in [-0.15, -0.1) is 0 Å². The van der Waals surface area contributed by atoms with Crippen LogP contribution < -0.4 is 15.4 Å². The Morgan fingerprint density at radius 2 is 1.92 bits per heavy atom. The summed E-state index contributed by atoms with van der Waals surface area (Å²) in [5, 5.41) is 6.86. The molecule has 0 aliphatic heterocycles. The second kappa shape index (κ2) is 8.12. The van der Waals surface area contributed by atoms with Crippen LogP contribution in [0.25, 0.3) is 0 Å². The summed E-state index contributed by atoms with van der Waals surface area (Å²) in [6.45, 7) is 0.283. The topological polar surface area (TPSA) is 59.6 Å². The molecule has 1 aliphatic carbocycles. The van der Waals surface area contributed by atoms with Gasteiger partial charge in [0.05, 0.1) is 12.1 Å². The summed E-state index contributed by atoms with van der Waals surface area (Å²) in [7, 11) is 1.59. The molecule has 6 heteroatoms. The van der Waals surface area contributed by atoms with E-state index < -0.39 is 0 Å². The highest BCUT2D eigenvalue weighted by molar-refractivity contribution is 6.32. The van der Waals surface area contributed by atoms with Crippen molar-refractivity contribution in [1.29, 1.82) is 0 Å². The Balaban J connectivity index is 1.38. The second-order valence-electron chi connectivity index (χ2n) is 6.06. The number of anilines is 1. The molecule has 1 amide bonds. The lowest BCUT2D eigenvalue weighted by Crippen LogP contribution is -2.49. The van der Waals surface area contributed by atoms with Gasteiger partial charge < -0.3 is 20.1 Å². The predicted octanol–water partition coefficient (Wildman–Crippen LogP) is 4.22. The molecule has 0 bridgehead atoms. The zero-order chi connectivity index (χ0) is 17.6. The number of carbonyl (C=O) groups excluding carboxylic acids is 1. The van der Waals surface area contributed by atoms with Crippen LogP contribution in [0.5, 0.6) is 5.75 Å². The van der Waals surface area contributed by atoms with E-state index in [1.165, 1.54) is 0 Å². The molecule has 0 aromatic heterocycles. The van der Waals surface area contributed by atoms with E-state index in [0.29, 0.717) is 16.8 Å². The number of alkyl carbamates (subject to hydrolysis) is 1. The number of methoxy groups -OCH3 is 1. The minimum absolute atomic E-state index is 0.134. The first-order valence-electron chi connectivity index (χ1n) is 8.21. The minimum atomic E-state index is -0.375. The van der Waals surface area contributed by atoms with Gasteiger partial charge >= 0.3 is 6.09 Å². The summed E-state index contributed by atoms with van der Waals surface area (Å²) >= 11 is 6.12. The molecule has 5 nitrogen and oxygen atoms in total. The third-order valence-corrected chi connectivity index (χ3v) is 4.49. The lowest BCUT2D eigenvalue weighted by atomic mass is 9.86. The van der Waals surface area contributed by atoms with Crippen LogP contribution in [-0.2, 0) is 11.3 Å². The largest absolute Gasteiger partial charge is 0.495 e. The molecular weight excluding hydrogens is 340 g/mol. The molecule has 25 heavy (non-hydrogen) atoms. The molecule has 132 valence electrons. The molecule has 0 saturated heterocycles. The molecule has 0 atom stereocenters. The molecule has 0 spiro atoms. The number of rotatable bonds is 6. The molecular formula is C19H21ClN2O3. The molecule has 2 aromatic rings. The van der Waals surface area contributed by atoms with E-state index in [4.69, 9.17) is 21.1 Å². The Bertz CT molecular complexity index is 718. The summed E-state index contributed by atoms with van der Waals surface area (Å²) in [5.74, 6) is 0.654. The number of halogens is 1. The van der Waals surface area contributed by atoms with Crippen LogP contribution in [0.3, 0.4) is 0 Å². The smallest absolute Gasteiger partial charge is 0.407 e. The van der Waals surface area contributed by atoms with E-state index in [9.17, 15) is 4.79 Å². The number of ether oxygens (including phenoxy) is 2. The van der Waals surface area contributed by atoms with Gasteiger partial charge in [-0.2, -0.15) is 0 Å². The summed E-state index contributed by atoms with van der Waals surface area (Å²) in [6.07, 6.45) is 1.33. The number of hydrogen-bond donors (Lipinski definition) is 2. The first-order valence-corrected chi connectivity index (χ1v) is 8.59. The quantitative estimate of drug-likeness (QED) is 0.809. The third-order valence-electron chi connectivity index (χ3n) is 4.20. The average Bonchev–Trinajstić information content (AvgIpc) is 2.59. The molecule has 1 aliphatic rings. The maximum absolute atomic E-state index is 11.8. The Kier molecular flexibility index (Phi) is 5.66. The van der Waals surface area contributed by atoms with Crippen molar-refractivity contribution in [2.75, 3.05) is 12.4 Å². The van der Waals surface area contributed by atoms with Crippen molar-refractivity contribution < 1.29 is 14.3 Å². The van der Waals surface area contributed by atoms with E-state index >= 15 is 0 Å². The van der Waals surface area contributed by atoms with E-state index in [-0.39, 0.29) is 18.7 Å². The molecule has 3 rings (SSSR count). The third kappa shape index (κ3) is 4.79. The lowest BCUT2D eigenvalue weighted by Gasteiger charge is -2.36. The Morgan fingerprint density at radius 1 is 1.16 bits per heavy atom. The highest BCUT2D eigenvalue weighted by Gasteiger charge is 2.30. The molecule has 1 fully saturated rings. The highest BCUT2D eigenvalue weighted by Crippen LogP contribution is 2.30. The fraction of sp³-hybridized carbons (Fsp3) is 0.316. The summed E-state index contributed by atoms with van der Waals surface area (Å²) in [5.41, 5.74) is 1.92. The van der Waals surface area contributed by atoms with Crippen LogP contribution in [0.2, 0.25) is 5.02 Å². The zero-order valence-corrected chi connectivity index (χ0v) is 14.8. The summed E-state index contributed by atoms with van der Waals surface area (Å²) in [4.78, 5) is 11.8. The lowest BCUT2D eigenvalue weighted by molar-refractivity contribution is 0.129. The number of amides is 1. The van der Waals surface area contributed by atoms with Crippen molar-refractivity contribution in [1.82, 2.24) is 5.32 Å². The average molecular weight is 361 g/mol. The normalized spacial score (nSPS) is 18.8. The van der Waals surface area contributed by atoms with Gasteiger partial charge in [-0.1, -0.05) is 41.9 Å². The molecule has 2 aromatic carbocycles. The van der Waals surface area contributed by atoms with Crippen molar-refractivity contribution in [3.8, 4) is 5.75 Å². The summed E-state index contributed by atoms with van der Waals surface area (Å²) < 4.78 is 10.4. The monoisotopic (exact) mass is 360 g/mol. The van der Waals surface area contributed by atoms with Gasteiger partial charge in [0.25, 0.3) is 0 Å². The van der Waals surface area contributed by atoms with Crippen molar-refractivity contribution in [3.63, 3.8) is 0 Å². The first-order chi connectivity index (χ1) is 12.1. The maximum Gasteiger partial charge on any atom is 0.407 e. The van der Waals surface area contributed by atoms with Crippen LogP contribution in [0.15, 0.2) is 48.5 Å². The molecule has 2 N–H and O–H groups in total. The zero-order valence-electron chi connectivity index (χ0n) is 14.0. The van der Waals surface area contributed by atoms with Gasteiger partial charge in [-0.05, 0) is 36.6 Å². The van der Waals surface area contributed by atoms with Crippen LogP contribution in [0.4, 0.5) is 10.5 Å². The van der Waals surface area contributed by atoms with Crippen LogP contribution in [0.1, 0.15) is 18.4 Å². The SMILES string of the molecule is COc1ccc(NC2CC(NC(=O)OCc3ccccc3)C2)cc1Cl. The van der Waals surface area contributed by atoms with Gasteiger partial charge in [0.1, 0.15) is 12.4 Å². The van der Waals surface area contributed by atoms with Gasteiger partial charge in [0.15, 0.2) is 0 Å². The van der Waals surface area contributed by atoms with Crippen molar-refractivity contribution >= 4 is 23.4 Å². The first kappa shape index (κ1) is 17.4. The van der Waals surface area contributed by atoms with Crippen molar-refractivity contribution in [3.05, 3.63) is 59.1 Å². The van der Waals surface area contributed by atoms with Gasteiger partial charge in [0, 0.05) is 17.8 Å². The Morgan fingerprint density at radius 3 is 2.60 bits per heavy atom. The van der Waals surface area contributed by atoms with E-state index in [2.05, 4.69) is 10.6 Å². The van der Waals surface area contributed by atoms with Crippen LogP contribution >= 0.6 is 11.6 Å². The van der Waals surface area contributed by atoms with E-state index in [1.54, 1.807) is 7.11 Å². The second-order valence-corrected chi connectivity index (χ2v) is 6.47. The molecule has 1 saturated carbocycles. The Hall–Kier alpha value is -2.40. The summed E-state index contributed by atoms with van der Waals surface area (Å²) in [6, 6.07) is 15.7. The fourth-order valence-corrected chi connectivity index (χ4v) is 3.03. The van der Waals surface area contributed by atoms with Gasteiger partial charge in [-0.3, -0.25) is 0 Å². The van der Waals surface area contributed by atoms with Crippen molar-refractivity contribution in [2.24, 2.45) is 0 Å². The Labute approximate surface area is 152 Å². The standard InChI is InChI=1S/C19H21ClN2O3/c1-24-18-8-7-14(11-17(18)20)21-15-9-16(10-15)22-19(23)25-12-13-5-3-2-4-6-13/h2-8,11,15-16,21H,9-10,12H2,1H3,(H,22,23). The number of benzene rings is 2.